The Labute approximate surface area is 164 Å². The topological polar surface area (TPSA) is 24.4 Å². The highest BCUT2D eigenvalue weighted by Crippen LogP contribution is 2.42. The summed E-state index contributed by atoms with van der Waals surface area (Å²) in [7, 11) is 0. The van der Waals surface area contributed by atoms with Crippen LogP contribution in [0, 0.1) is 11.6 Å². The molecule has 0 saturated heterocycles. The number of nitrogens with zero attached hydrogens (tertiary/aromatic N) is 1. The smallest absolute Gasteiger partial charge is 0.123 e. The number of benzene rings is 3. The van der Waals surface area contributed by atoms with Crippen LogP contribution in [0.5, 0.6) is 0 Å². The van der Waals surface area contributed by atoms with E-state index in [-0.39, 0.29) is 17.7 Å². The van der Waals surface area contributed by atoms with E-state index in [1.54, 1.807) is 12.1 Å². The van der Waals surface area contributed by atoms with Gasteiger partial charge in [-0.2, -0.15) is 0 Å². The van der Waals surface area contributed by atoms with E-state index in [9.17, 15) is 8.78 Å². The number of hydrogen-bond donors (Lipinski definition) is 1. The second kappa shape index (κ2) is 7.55. The summed E-state index contributed by atoms with van der Waals surface area (Å²) >= 11 is 0. The van der Waals surface area contributed by atoms with Crippen LogP contribution < -0.4 is 5.32 Å². The van der Waals surface area contributed by atoms with Crippen molar-refractivity contribution in [1.82, 2.24) is 5.32 Å². The van der Waals surface area contributed by atoms with E-state index in [1.807, 2.05) is 37.3 Å². The van der Waals surface area contributed by atoms with Crippen LogP contribution in [0.15, 0.2) is 83.9 Å². The molecule has 0 radical (unpaired) electrons. The van der Waals surface area contributed by atoms with Crippen molar-refractivity contribution in [2.75, 3.05) is 0 Å². The van der Waals surface area contributed by atoms with Crippen molar-refractivity contribution in [2.45, 2.75) is 31.3 Å². The number of rotatable bonds is 5. The van der Waals surface area contributed by atoms with Gasteiger partial charge in [-0.1, -0.05) is 54.6 Å². The Balaban J connectivity index is 1.67. The Morgan fingerprint density at radius 2 is 1.57 bits per heavy atom. The molecule has 1 heterocycles. The third kappa shape index (κ3) is 3.68. The predicted molar refractivity (Wildman–Crippen MR) is 108 cm³/mol. The average Bonchev–Trinajstić information content (AvgIpc) is 3.05. The number of halogens is 2. The Bertz CT molecular complexity index is 1000. The first-order chi connectivity index (χ1) is 13.5. The van der Waals surface area contributed by atoms with Crippen molar-refractivity contribution >= 4 is 5.84 Å². The third-order valence-electron chi connectivity index (χ3n) is 5.32. The van der Waals surface area contributed by atoms with E-state index in [0.717, 1.165) is 29.8 Å². The molecule has 3 aromatic rings. The van der Waals surface area contributed by atoms with Gasteiger partial charge >= 0.3 is 0 Å². The first-order valence-electron chi connectivity index (χ1n) is 9.45. The molecule has 4 heteroatoms. The monoisotopic (exact) mass is 376 g/mol. The summed E-state index contributed by atoms with van der Waals surface area (Å²) < 4.78 is 27.8. The second-order valence-electron chi connectivity index (χ2n) is 7.36. The molecule has 1 aliphatic rings. The van der Waals surface area contributed by atoms with Crippen molar-refractivity contribution in [2.24, 2.45) is 4.99 Å². The van der Waals surface area contributed by atoms with Crippen LogP contribution in [0.2, 0.25) is 0 Å². The number of amidine groups is 1. The fourth-order valence-corrected chi connectivity index (χ4v) is 3.85. The van der Waals surface area contributed by atoms with E-state index < -0.39 is 5.54 Å². The van der Waals surface area contributed by atoms with E-state index in [1.165, 1.54) is 29.8 Å². The lowest BCUT2D eigenvalue weighted by Crippen LogP contribution is -2.41. The van der Waals surface area contributed by atoms with Gasteiger partial charge in [-0.05, 0) is 54.3 Å². The number of nitrogens with one attached hydrogen (secondary N) is 1. The van der Waals surface area contributed by atoms with Gasteiger partial charge in [-0.15, -0.1) is 0 Å². The lowest BCUT2D eigenvalue weighted by Gasteiger charge is -2.32. The molecule has 0 aromatic heterocycles. The maximum atomic E-state index is 13.9. The van der Waals surface area contributed by atoms with Gasteiger partial charge in [0.2, 0.25) is 0 Å². The third-order valence-corrected chi connectivity index (χ3v) is 5.32. The van der Waals surface area contributed by atoms with Crippen molar-refractivity contribution in [3.8, 4) is 0 Å². The summed E-state index contributed by atoms with van der Waals surface area (Å²) in [4.78, 5) is 4.89. The van der Waals surface area contributed by atoms with Gasteiger partial charge in [-0.3, -0.25) is 4.99 Å². The van der Waals surface area contributed by atoms with Crippen LogP contribution in [0.3, 0.4) is 0 Å². The molecule has 3 aromatic carbocycles. The Hall–Kier alpha value is -3.01. The van der Waals surface area contributed by atoms with Gasteiger partial charge in [0, 0.05) is 6.42 Å². The normalized spacial score (nSPS) is 21.2. The van der Waals surface area contributed by atoms with Crippen molar-refractivity contribution in [3.63, 3.8) is 0 Å². The van der Waals surface area contributed by atoms with Gasteiger partial charge in [0.25, 0.3) is 0 Å². The quantitative estimate of drug-likeness (QED) is 0.620. The maximum Gasteiger partial charge on any atom is 0.123 e. The molecule has 0 bridgehead atoms. The zero-order valence-electron chi connectivity index (χ0n) is 15.7. The standard InChI is InChI=1S/C24H22F2N2/c1-24(19-10-6-12-21(26)16-19)23(18-9-5-11-20(25)15-18)27-22(28-24)14-13-17-7-3-2-4-8-17/h2-12,15-16,23H,13-14H2,1H3,(H,27,28)/t23-,24+/m1/s1. The molecule has 0 aliphatic carbocycles. The Morgan fingerprint density at radius 3 is 2.29 bits per heavy atom. The Kier molecular flexibility index (Phi) is 4.95. The molecule has 0 saturated carbocycles. The molecular formula is C24H22F2N2. The molecule has 2 atom stereocenters. The summed E-state index contributed by atoms with van der Waals surface area (Å²) in [6, 6.07) is 22.9. The summed E-state index contributed by atoms with van der Waals surface area (Å²) in [6.07, 6.45) is 1.59. The number of hydrogen-bond acceptors (Lipinski definition) is 2. The predicted octanol–water partition coefficient (Wildman–Crippen LogP) is 5.56. The molecule has 4 rings (SSSR count). The minimum absolute atomic E-state index is 0.295. The molecular weight excluding hydrogens is 354 g/mol. The van der Waals surface area contributed by atoms with Crippen LogP contribution in [0.4, 0.5) is 8.78 Å². The van der Waals surface area contributed by atoms with E-state index >= 15 is 0 Å². The SMILES string of the molecule is C[C@@]1(c2cccc(F)c2)NC(CCc2ccccc2)=N[C@@H]1c1cccc(F)c1. The molecule has 0 fully saturated rings. The second-order valence-corrected chi connectivity index (χ2v) is 7.36. The molecule has 142 valence electrons. The molecule has 2 nitrogen and oxygen atoms in total. The van der Waals surface area contributed by atoms with E-state index in [4.69, 9.17) is 4.99 Å². The van der Waals surface area contributed by atoms with Crippen LogP contribution in [0.1, 0.15) is 36.1 Å². The first-order valence-corrected chi connectivity index (χ1v) is 9.45. The van der Waals surface area contributed by atoms with Crippen molar-refractivity contribution in [3.05, 3.63) is 107 Å². The van der Waals surface area contributed by atoms with Crippen LogP contribution in [0.25, 0.3) is 0 Å². The highest BCUT2D eigenvalue weighted by atomic mass is 19.1. The highest BCUT2D eigenvalue weighted by molar-refractivity contribution is 5.86. The molecule has 28 heavy (non-hydrogen) atoms. The van der Waals surface area contributed by atoms with Crippen molar-refractivity contribution < 1.29 is 8.78 Å². The number of aliphatic imine (C=N–C) groups is 1. The zero-order chi connectivity index (χ0) is 19.6. The van der Waals surface area contributed by atoms with Crippen LogP contribution >= 0.6 is 0 Å². The first kappa shape index (κ1) is 18.4. The molecule has 0 spiro atoms. The lowest BCUT2D eigenvalue weighted by molar-refractivity contribution is 0.382. The fourth-order valence-electron chi connectivity index (χ4n) is 3.85. The van der Waals surface area contributed by atoms with Gasteiger partial charge in [0.1, 0.15) is 17.7 Å². The average molecular weight is 376 g/mol. The van der Waals surface area contributed by atoms with Crippen LogP contribution in [-0.4, -0.2) is 5.84 Å². The largest absolute Gasteiger partial charge is 0.362 e. The van der Waals surface area contributed by atoms with Gasteiger partial charge < -0.3 is 5.32 Å². The molecule has 1 aliphatic heterocycles. The highest BCUT2D eigenvalue weighted by Gasteiger charge is 2.42. The van der Waals surface area contributed by atoms with Gasteiger partial charge in [0.15, 0.2) is 0 Å². The van der Waals surface area contributed by atoms with Crippen molar-refractivity contribution in [1.29, 1.82) is 0 Å². The Morgan fingerprint density at radius 1 is 0.857 bits per heavy atom. The minimum Gasteiger partial charge on any atom is -0.362 e. The molecule has 0 amide bonds. The summed E-state index contributed by atoms with van der Waals surface area (Å²) in [5, 5.41) is 3.51. The summed E-state index contributed by atoms with van der Waals surface area (Å²) in [5.41, 5.74) is 2.14. The fraction of sp³-hybridized carbons (Fsp3) is 0.208. The van der Waals surface area contributed by atoms with Gasteiger partial charge in [-0.25, -0.2) is 8.78 Å². The zero-order valence-corrected chi connectivity index (χ0v) is 15.7. The van der Waals surface area contributed by atoms with Gasteiger partial charge in [0.05, 0.1) is 11.4 Å². The molecule has 1 N–H and O–H groups in total. The van der Waals surface area contributed by atoms with Crippen LogP contribution in [-0.2, 0) is 12.0 Å². The maximum absolute atomic E-state index is 13.9. The summed E-state index contributed by atoms with van der Waals surface area (Å²) in [6.45, 7) is 2.00. The minimum atomic E-state index is -0.651. The number of aryl methyl sites for hydroxylation is 1. The van der Waals surface area contributed by atoms with E-state index in [0.29, 0.717) is 0 Å². The van der Waals surface area contributed by atoms with E-state index in [2.05, 4.69) is 17.4 Å². The molecule has 0 unspecified atom stereocenters. The summed E-state index contributed by atoms with van der Waals surface area (Å²) in [5.74, 6) is 0.258. The lowest BCUT2D eigenvalue weighted by atomic mass is 9.82.